The molecule has 32 heavy (non-hydrogen) atoms. The minimum atomic E-state index is -0.266. The Kier molecular flexibility index (Phi) is 7.11. The van der Waals surface area contributed by atoms with Gasteiger partial charge >= 0.3 is 0 Å². The van der Waals surface area contributed by atoms with Crippen LogP contribution in [0.25, 0.3) is 0 Å². The number of nitrogens with zero attached hydrogens (tertiary/aromatic N) is 3. The Balaban J connectivity index is 1.51. The van der Waals surface area contributed by atoms with Crippen molar-refractivity contribution in [1.29, 1.82) is 0 Å². The molecule has 1 saturated heterocycles. The molecule has 0 radical (unpaired) electrons. The summed E-state index contributed by atoms with van der Waals surface area (Å²) in [6.07, 6.45) is 3.47. The maximum absolute atomic E-state index is 13.1. The number of aromatic nitrogens is 2. The highest BCUT2D eigenvalue weighted by Gasteiger charge is 2.21. The molecule has 0 aliphatic carbocycles. The van der Waals surface area contributed by atoms with E-state index in [1.807, 2.05) is 36.4 Å². The van der Waals surface area contributed by atoms with E-state index in [4.69, 9.17) is 21.9 Å². The summed E-state index contributed by atoms with van der Waals surface area (Å²) >= 11 is 5.43. The number of benzene rings is 2. The van der Waals surface area contributed by atoms with Crippen molar-refractivity contribution in [3.8, 4) is 11.6 Å². The van der Waals surface area contributed by atoms with Gasteiger partial charge in [0.25, 0.3) is 0 Å². The Bertz CT molecular complexity index is 1050. The highest BCUT2D eigenvalue weighted by Crippen LogP contribution is 2.28. The third-order valence-electron chi connectivity index (χ3n) is 5.34. The van der Waals surface area contributed by atoms with Crippen LogP contribution in [-0.4, -0.2) is 27.7 Å². The molecule has 1 aliphatic rings. The zero-order chi connectivity index (χ0) is 22.3. The molecule has 1 unspecified atom stereocenters. The summed E-state index contributed by atoms with van der Waals surface area (Å²) in [5.74, 6) is 2.05. The maximum atomic E-state index is 13.1. The van der Waals surface area contributed by atoms with E-state index in [1.54, 1.807) is 12.1 Å². The number of hydrogen-bond acceptors (Lipinski definition) is 5. The number of ether oxygens (including phenoxy) is 1. The number of para-hydroxylation sites is 1. The number of thiocarbonyl (C=S) groups is 1. The molecule has 2 aromatic carbocycles. The number of anilines is 2. The third-order valence-corrected chi connectivity index (χ3v) is 5.59. The zero-order valence-corrected chi connectivity index (χ0v) is 18.7. The van der Waals surface area contributed by atoms with E-state index in [-0.39, 0.29) is 5.82 Å². The molecule has 0 amide bonds. The lowest BCUT2D eigenvalue weighted by molar-refractivity contribution is 0.457. The molecule has 166 valence electrons. The summed E-state index contributed by atoms with van der Waals surface area (Å²) in [5.41, 5.74) is 0.917. The molecule has 1 fully saturated rings. The second-order valence-corrected chi connectivity index (χ2v) is 8.18. The molecule has 3 aromatic rings. The Morgan fingerprint density at radius 2 is 1.91 bits per heavy atom. The lowest BCUT2D eigenvalue weighted by atomic mass is 10.0. The molecule has 8 heteroatoms. The highest BCUT2D eigenvalue weighted by atomic mass is 32.1. The van der Waals surface area contributed by atoms with E-state index >= 15 is 0 Å². The summed E-state index contributed by atoms with van der Waals surface area (Å²) in [6.45, 7) is 3.61. The summed E-state index contributed by atoms with van der Waals surface area (Å²) < 4.78 is 19.1. The van der Waals surface area contributed by atoms with Gasteiger partial charge in [0.05, 0.1) is 0 Å². The van der Waals surface area contributed by atoms with Crippen molar-refractivity contribution >= 4 is 29.1 Å². The van der Waals surface area contributed by atoms with Gasteiger partial charge in [0.15, 0.2) is 5.11 Å². The van der Waals surface area contributed by atoms with E-state index in [0.717, 1.165) is 30.8 Å². The Morgan fingerprint density at radius 3 is 2.66 bits per heavy atom. The fraction of sp³-hybridized carbons (Fsp3) is 0.292. The van der Waals surface area contributed by atoms with Crippen LogP contribution in [0.15, 0.2) is 60.7 Å². The summed E-state index contributed by atoms with van der Waals surface area (Å²) in [6, 6.07) is 18.1. The number of nitrogens with one attached hydrogen (secondary N) is 2. The molecule has 0 saturated carbocycles. The van der Waals surface area contributed by atoms with Crippen molar-refractivity contribution < 1.29 is 9.13 Å². The largest absolute Gasteiger partial charge is 0.439 e. The van der Waals surface area contributed by atoms with Crippen LogP contribution in [0.3, 0.4) is 0 Å². The van der Waals surface area contributed by atoms with E-state index in [1.165, 1.54) is 18.6 Å². The van der Waals surface area contributed by atoms with Crippen LogP contribution in [0.1, 0.15) is 31.7 Å². The van der Waals surface area contributed by atoms with Gasteiger partial charge < -0.3 is 20.3 Å². The summed E-state index contributed by atoms with van der Waals surface area (Å²) in [7, 11) is 0. The van der Waals surface area contributed by atoms with E-state index < -0.39 is 0 Å². The molecule has 2 N–H and O–H groups in total. The van der Waals surface area contributed by atoms with E-state index in [9.17, 15) is 4.39 Å². The molecule has 1 aliphatic heterocycles. The van der Waals surface area contributed by atoms with Crippen LogP contribution in [-0.2, 0) is 6.54 Å². The van der Waals surface area contributed by atoms with Crippen molar-refractivity contribution in [2.75, 3.05) is 16.8 Å². The molecule has 2 heterocycles. The monoisotopic (exact) mass is 451 g/mol. The molecule has 0 bridgehead atoms. The van der Waals surface area contributed by atoms with Crippen LogP contribution < -0.4 is 20.3 Å². The Hall–Kier alpha value is -3.26. The summed E-state index contributed by atoms with van der Waals surface area (Å²) in [4.78, 5) is 11.5. The SMILES string of the molecule is CC1CCCCN1c1cc(Oc2ccccc2)nc(NC(=S)NCc2ccc(F)cc2)n1. The van der Waals surface area contributed by atoms with E-state index in [2.05, 4.69) is 27.4 Å². The molecule has 6 nitrogen and oxygen atoms in total. The van der Waals surface area contributed by atoms with Gasteiger partial charge in [0.1, 0.15) is 17.4 Å². The highest BCUT2D eigenvalue weighted by molar-refractivity contribution is 7.80. The number of rotatable bonds is 6. The van der Waals surface area contributed by atoms with Crippen molar-refractivity contribution in [2.45, 2.75) is 38.8 Å². The van der Waals surface area contributed by atoms with Crippen LogP contribution >= 0.6 is 12.2 Å². The average Bonchev–Trinajstić information content (AvgIpc) is 2.79. The van der Waals surface area contributed by atoms with E-state index in [0.29, 0.717) is 35.3 Å². The lowest BCUT2D eigenvalue weighted by Crippen LogP contribution is -2.38. The number of hydrogen-bond donors (Lipinski definition) is 2. The topological polar surface area (TPSA) is 62.3 Å². The quantitative estimate of drug-likeness (QED) is 0.495. The van der Waals surface area contributed by atoms with Crippen molar-refractivity contribution in [2.24, 2.45) is 0 Å². The maximum Gasteiger partial charge on any atom is 0.234 e. The average molecular weight is 452 g/mol. The molecule has 0 spiro atoms. The van der Waals surface area contributed by atoms with Gasteiger partial charge in [-0.2, -0.15) is 9.97 Å². The molecule has 1 aromatic heterocycles. The van der Waals surface area contributed by atoms with Crippen molar-refractivity contribution in [3.63, 3.8) is 0 Å². The zero-order valence-electron chi connectivity index (χ0n) is 17.9. The predicted molar refractivity (Wildman–Crippen MR) is 129 cm³/mol. The van der Waals surface area contributed by atoms with Gasteiger partial charge in [-0.25, -0.2) is 4.39 Å². The fourth-order valence-electron chi connectivity index (χ4n) is 3.65. The first-order chi connectivity index (χ1) is 15.6. The molecular weight excluding hydrogens is 425 g/mol. The van der Waals surface area contributed by atoms with Gasteiger partial charge in [-0.15, -0.1) is 0 Å². The van der Waals surface area contributed by atoms with Crippen molar-refractivity contribution in [3.05, 3.63) is 72.0 Å². The third kappa shape index (κ3) is 5.91. The second-order valence-electron chi connectivity index (χ2n) is 7.78. The lowest BCUT2D eigenvalue weighted by Gasteiger charge is -2.34. The molecule has 1 atom stereocenters. The first kappa shape index (κ1) is 22.0. The van der Waals surface area contributed by atoms with Gasteiger partial charge in [-0.05, 0) is 68.2 Å². The minimum absolute atomic E-state index is 0.266. The smallest absolute Gasteiger partial charge is 0.234 e. The standard InChI is InChI=1S/C24H26FN5OS/c1-17-7-5-6-14-30(17)21-15-22(31-20-8-3-2-4-9-20)28-23(27-21)29-24(32)26-16-18-10-12-19(25)13-11-18/h2-4,8-13,15,17H,5-7,14,16H2,1H3,(H2,26,27,28,29,32). The predicted octanol–water partition coefficient (Wildman–Crippen LogP) is 5.27. The first-order valence-corrected chi connectivity index (χ1v) is 11.2. The van der Waals surface area contributed by atoms with Crippen molar-refractivity contribution in [1.82, 2.24) is 15.3 Å². The summed E-state index contributed by atoms with van der Waals surface area (Å²) in [5, 5.41) is 6.55. The van der Waals surface area contributed by atoms with Gasteiger partial charge in [-0.3, -0.25) is 0 Å². The molecular formula is C24H26FN5OS. The first-order valence-electron chi connectivity index (χ1n) is 10.7. The van der Waals surface area contributed by atoms with Gasteiger partial charge in [-0.1, -0.05) is 30.3 Å². The van der Waals surface area contributed by atoms with Crippen LogP contribution in [0.5, 0.6) is 11.6 Å². The van der Waals surface area contributed by atoms with Gasteiger partial charge in [0, 0.05) is 25.2 Å². The van der Waals surface area contributed by atoms with Gasteiger partial charge in [0.2, 0.25) is 11.8 Å². The van der Waals surface area contributed by atoms with Crippen LogP contribution in [0, 0.1) is 5.82 Å². The minimum Gasteiger partial charge on any atom is -0.439 e. The van der Waals surface area contributed by atoms with Crippen LogP contribution in [0.4, 0.5) is 16.2 Å². The number of piperidine rings is 1. The Morgan fingerprint density at radius 1 is 1.12 bits per heavy atom. The number of halogens is 1. The second kappa shape index (κ2) is 10.4. The normalized spacial score (nSPS) is 15.8. The van der Waals surface area contributed by atoms with Crippen LogP contribution in [0.2, 0.25) is 0 Å². The molecule has 4 rings (SSSR count). The Labute approximate surface area is 192 Å². The fourth-order valence-corrected chi connectivity index (χ4v) is 3.81.